The van der Waals surface area contributed by atoms with Crippen molar-refractivity contribution in [2.75, 3.05) is 30.8 Å². The molecule has 0 saturated carbocycles. The summed E-state index contributed by atoms with van der Waals surface area (Å²) in [7, 11) is 1.49. The molecular formula is C21H33N3O5. The van der Waals surface area contributed by atoms with Crippen LogP contribution in [0.4, 0.5) is 16.2 Å². The summed E-state index contributed by atoms with van der Waals surface area (Å²) in [4.78, 5) is 38.0. The molecule has 0 spiro atoms. The van der Waals surface area contributed by atoms with Crippen molar-refractivity contribution in [3.05, 3.63) is 18.2 Å². The largest absolute Gasteiger partial charge is 0.495 e. The summed E-state index contributed by atoms with van der Waals surface area (Å²) in [6, 6.07) is 4.92. The monoisotopic (exact) mass is 407 g/mol. The van der Waals surface area contributed by atoms with Crippen LogP contribution in [0.1, 0.15) is 53.9 Å². The second-order valence-electron chi connectivity index (χ2n) is 7.51. The lowest BCUT2D eigenvalue weighted by molar-refractivity contribution is -0.131. The maximum absolute atomic E-state index is 12.2. The molecule has 0 bridgehead atoms. The van der Waals surface area contributed by atoms with E-state index in [1.165, 1.54) is 7.11 Å². The highest BCUT2D eigenvalue weighted by Gasteiger charge is 2.18. The predicted molar refractivity (Wildman–Crippen MR) is 113 cm³/mol. The number of ether oxygens (including phenoxy) is 2. The lowest BCUT2D eigenvalue weighted by Crippen LogP contribution is -2.30. The van der Waals surface area contributed by atoms with Crippen LogP contribution in [-0.2, 0) is 14.3 Å². The number of benzene rings is 1. The summed E-state index contributed by atoms with van der Waals surface area (Å²) in [6.45, 7) is 10.5. The Bertz CT molecular complexity index is 709. The van der Waals surface area contributed by atoms with E-state index >= 15 is 0 Å². The molecule has 0 aliphatic rings. The summed E-state index contributed by atoms with van der Waals surface area (Å²) in [5.74, 6) is 0.292. The zero-order valence-electron chi connectivity index (χ0n) is 18.3. The maximum Gasteiger partial charge on any atom is 0.412 e. The molecule has 8 heteroatoms. The van der Waals surface area contributed by atoms with Gasteiger partial charge in [0.15, 0.2) is 0 Å². The van der Waals surface area contributed by atoms with Crippen molar-refractivity contribution in [2.24, 2.45) is 0 Å². The van der Waals surface area contributed by atoms with Gasteiger partial charge in [0.25, 0.3) is 0 Å². The molecule has 1 aromatic rings. The zero-order chi connectivity index (χ0) is 22.0. The third-order valence-electron chi connectivity index (χ3n) is 4.03. The highest BCUT2D eigenvalue weighted by molar-refractivity contribution is 5.93. The second kappa shape index (κ2) is 11.3. The molecule has 8 nitrogen and oxygen atoms in total. The quantitative estimate of drug-likeness (QED) is 0.644. The van der Waals surface area contributed by atoms with E-state index < -0.39 is 11.7 Å². The molecule has 162 valence electrons. The van der Waals surface area contributed by atoms with Gasteiger partial charge in [-0.2, -0.15) is 0 Å². The Morgan fingerprint density at radius 2 is 1.69 bits per heavy atom. The zero-order valence-corrected chi connectivity index (χ0v) is 18.3. The van der Waals surface area contributed by atoms with E-state index in [0.29, 0.717) is 43.1 Å². The third kappa shape index (κ3) is 8.85. The summed E-state index contributed by atoms with van der Waals surface area (Å²) in [6.07, 6.45) is 0.423. The first-order valence-electron chi connectivity index (χ1n) is 9.85. The number of amides is 3. The second-order valence-corrected chi connectivity index (χ2v) is 7.51. The molecule has 0 radical (unpaired) electrons. The Labute approximate surface area is 172 Å². The summed E-state index contributed by atoms with van der Waals surface area (Å²) < 4.78 is 10.5. The molecule has 0 aromatic heterocycles. The average Bonchev–Trinajstić information content (AvgIpc) is 2.61. The summed E-state index contributed by atoms with van der Waals surface area (Å²) in [5, 5.41) is 5.40. The van der Waals surface area contributed by atoms with Gasteiger partial charge in [-0.1, -0.05) is 0 Å². The van der Waals surface area contributed by atoms with E-state index in [-0.39, 0.29) is 18.2 Å². The SMILES string of the molecule is CCN(CC)C(=O)CCCC(=O)Nc1ccc(OC)c(NC(=O)OC(C)(C)C)c1. The van der Waals surface area contributed by atoms with E-state index in [1.807, 2.05) is 13.8 Å². The molecule has 1 aromatic carbocycles. The Hall–Kier alpha value is -2.77. The number of hydrogen-bond donors (Lipinski definition) is 2. The van der Waals surface area contributed by atoms with Crippen molar-refractivity contribution < 1.29 is 23.9 Å². The molecule has 0 fully saturated rings. The molecule has 2 N–H and O–H groups in total. The summed E-state index contributed by atoms with van der Waals surface area (Å²) >= 11 is 0. The smallest absolute Gasteiger partial charge is 0.412 e. The fourth-order valence-corrected chi connectivity index (χ4v) is 2.66. The first-order chi connectivity index (χ1) is 13.6. The van der Waals surface area contributed by atoms with E-state index in [2.05, 4.69) is 10.6 Å². The van der Waals surface area contributed by atoms with Gasteiger partial charge in [0, 0.05) is 31.6 Å². The van der Waals surface area contributed by atoms with Gasteiger partial charge in [-0.05, 0) is 59.2 Å². The molecule has 1 rings (SSSR count). The van der Waals surface area contributed by atoms with Crippen molar-refractivity contribution in [1.29, 1.82) is 0 Å². The number of methoxy groups -OCH3 is 1. The van der Waals surface area contributed by atoms with Gasteiger partial charge in [0.2, 0.25) is 11.8 Å². The molecule has 0 aliphatic heterocycles. The van der Waals surface area contributed by atoms with Gasteiger partial charge in [0.1, 0.15) is 11.4 Å². The number of anilines is 2. The number of hydrogen-bond acceptors (Lipinski definition) is 5. The van der Waals surface area contributed by atoms with Crippen LogP contribution in [-0.4, -0.2) is 48.6 Å². The van der Waals surface area contributed by atoms with Gasteiger partial charge < -0.3 is 19.7 Å². The van der Waals surface area contributed by atoms with E-state index in [1.54, 1.807) is 43.9 Å². The number of nitrogens with zero attached hydrogens (tertiary/aromatic N) is 1. The fourth-order valence-electron chi connectivity index (χ4n) is 2.66. The van der Waals surface area contributed by atoms with E-state index in [0.717, 1.165) is 0 Å². The van der Waals surface area contributed by atoms with E-state index in [9.17, 15) is 14.4 Å². The molecule has 0 saturated heterocycles. The first-order valence-corrected chi connectivity index (χ1v) is 9.85. The van der Waals surface area contributed by atoms with Crippen LogP contribution in [0.25, 0.3) is 0 Å². The van der Waals surface area contributed by atoms with Crippen LogP contribution >= 0.6 is 0 Å². The molecule has 29 heavy (non-hydrogen) atoms. The van der Waals surface area contributed by atoms with Gasteiger partial charge >= 0.3 is 6.09 Å². The van der Waals surface area contributed by atoms with Crippen molar-refractivity contribution in [3.8, 4) is 5.75 Å². The summed E-state index contributed by atoms with van der Waals surface area (Å²) in [5.41, 5.74) is 0.263. The van der Waals surface area contributed by atoms with Gasteiger partial charge in [0.05, 0.1) is 12.8 Å². The van der Waals surface area contributed by atoms with Crippen molar-refractivity contribution in [3.63, 3.8) is 0 Å². The number of rotatable bonds is 9. The van der Waals surface area contributed by atoms with Crippen LogP contribution in [0.15, 0.2) is 18.2 Å². The Kier molecular flexibility index (Phi) is 9.44. The number of carbonyl (C=O) groups is 3. The molecule has 3 amide bonds. The molecule has 0 unspecified atom stereocenters. The normalized spacial score (nSPS) is 10.8. The predicted octanol–water partition coefficient (Wildman–Crippen LogP) is 4.02. The van der Waals surface area contributed by atoms with Gasteiger partial charge in [-0.25, -0.2) is 4.79 Å². The van der Waals surface area contributed by atoms with Gasteiger partial charge in [-0.3, -0.25) is 14.9 Å². The van der Waals surface area contributed by atoms with Crippen LogP contribution < -0.4 is 15.4 Å². The third-order valence-corrected chi connectivity index (χ3v) is 4.03. The minimum Gasteiger partial charge on any atom is -0.495 e. The fraction of sp³-hybridized carbons (Fsp3) is 0.571. The highest BCUT2D eigenvalue weighted by Crippen LogP contribution is 2.28. The number of carbonyl (C=O) groups excluding carboxylic acids is 3. The van der Waals surface area contributed by atoms with Gasteiger partial charge in [-0.15, -0.1) is 0 Å². The maximum atomic E-state index is 12.2. The van der Waals surface area contributed by atoms with Crippen LogP contribution in [0.5, 0.6) is 5.75 Å². The minimum atomic E-state index is -0.633. The first kappa shape index (κ1) is 24.3. The molecule has 0 atom stereocenters. The lowest BCUT2D eigenvalue weighted by atomic mass is 10.2. The highest BCUT2D eigenvalue weighted by atomic mass is 16.6. The van der Waals surface area contributed by atoms with E-state index in [4.69, 9.17) is 9.47 Å². The number of nitrogens with one attached hydrogen (secondary N) is 2. The topological polar surface area (TPSA) is 97.0 Å². The minimum absolute atomic E-state index is 0.0519. The lowest BCUT2D eigenvalue weighted by Gasteiger charge is -2.20. The van der Waals surface area contributed by atoms with Crippen LogP contribution in [0, 0.1) is 0 Å². The molecular weight excluding hydrogens is 374 g/mol. The van der Waals surface area contributed by atoms with Crippen molar-refractivity contribution in [1.82, 2.24) is 4.90 Å². The van der Waals surface area contributed by atoms with Crippen LogP contribution in [0.3, 0.4) is 0 Å². The van der Waals surface area contributed by atoms with Crippen molar-refractivity contribution >= 4 is 29.3 Å². The van der Waals surface area contributed by atoms with Crippen LogP contribution in [0.2, 0.25) is 0 Å². The average molecular weight is 408 g/mol. The Morgan fingerprint density at radius 1 is 1.03 bits per heavy atom. The Morgan fingerprint density at radius 3 is 2.24 bits per heavy atom. The molecule has 0 heterocycles. The molecule has 0 aliphatic carbocycles. The van der Waals surface area contributed by atoms with Crippen molar-refractivity contribution in [2.45, 2.75) is 59.5 Å². The Balaban J connectivity index is 2.66. The standard InChI is InChI=1S/C21H33N3O5/c1-7-24(8-2)19(26)11-9-10-18(25)22-15-12-13-17(28-6)16(14-15)23-20(27)29-21(3,4)5/h12-14H,7-11H2,1-6H3,(H,22,25)(H,23,27).